The van der Waals surface area contributed by atoms with Gasteiger partial charge >= 0.3 is 5.97 Å². The highest BCUT2D eigenvalue weighted by atomic mass is 16.5. The summed E-state index contributed by atoms with van der Waals surface area (Å²) in [6.07, 6.45) is 2.37. The Kier molecular flexibility index (Phi) is 3.14. The van der Waals surface area contributed by atoms with E-state index < -0.39 is 5.97 Å². The van der Waals surface area contributed by atoms with Crippen LogP contribution in [0, 0.1) is 0 Å². The molecule has 2 atom stereocenters. The molecule has 1 saturated heterocycles. The fourth-order valence-corrected chi connectivity index (χ4v) is 1.87. The molecule has 1 aromatic rings. The molecule has 17 heavy (non-hydrogen) atoms. The van der Waals surface area contributed by atoms with Crippen molar-refractivity contribution in [1.82, 2.24) is 4.98 Å². The summed E-state index contributed by atoms with van der Waals surface area (Å²) in [5.41, 5.74) is 5.99. The van der Waals surface area contributed by atoms with Crippen LogP contribution in [0.4, 0.5) is 11.5 Å². The third-order valence-corrected chi connectivity index (χ3v) is 2.92. The third kappa shape index (κ3) is 2.31. The van der Waals surface area contributed by atoms with Crippen molar-refractivity contribution in [3.63, 3.8) is 0 Å². The zero-order valence-corrected chi connectivity index (χ0v) is 9.51. The molecule has 0 saturated carbocycles. The molecule has 1 fully saturated rings. The van der Waals surface area contributed by atoms with Crippen molar-refractivity contribution in [2.45, 2.75) is 25.5 Å². The number of carboxylic acids is 1. The molecule has 0 aliphatic carbocycles. The molecule has 0 radical (unpaired) electrons. The SMILES string of the molecule is CC1OCCC1Nc1nccc(C(=O)O)c1N. The predicted molar refractivity (Wildman–Crippen MR) is 63.1 cm³/mol. The molecule has 4 N–H and O–H groups in total. The van der Waals surface area contributed by atoms with Crippen LogP contribution in [0.1, 0.15) is 23.7 Å². The van der Waals surface area contributed by atoms with Crippen molar-refractivity contribution < 1.29 is 14.6 Å². The minimum Gasteiger partial charge on any atom is -0.478 e. The Bertz CT molecular complexity index is 436. The fourth-order valence-electron chi connectivity index (χ4n) is 1.87. The summed E-state index contributed by atoms with van der Waals surface area (Å²) in [5, 5.41) is 12.1. The molecular formula is C11H15N3O3. The van der Waals surface area contributed by atoms with E-state index in [1.807, 2.05) is 6.92 Å². The van der Waals surface area contributed by atoms with Crippen LogP contribution in [0.15, 0.2) is 12.3 Å². The summed E-state index contributed by atoms with van der Waals surface area (Å²) in [4.78, 5) is 15.0. The van der Waals surface area contributed by atoms with E-state index in [9.17, 15) is 4.79 Å². The molecule has 2 rings (SSSR count). The molecule has 0 aromatic carbocycles. The lowest BCUT2D eigenvalue weighted by atomic mass is 10.1. The van der Waals surface area contributed by atoms with Crippen molar-refractivity contribution in [2.24, 2.45) is 0 Å². The van der Waals surface area contributed by atoms with Gasteiger partial charge in [0.1, 0.15) is 5.82 Å². The lowest BCUT2D eigenvalue weighted by Crippen LogP contribution is -2.27. The average molecular weight is 237 g/mol. The number of carbonyl (C=O) groups is 1. The topological polar surface area (TPSA) is 97.5 Å². The van der Waals surface area contributed by atoms with Crippen molar-refractivity contribution in [1.29, 1.82) is 0 Å². The standard InChI is InChI=1S/C11H15N3O3/c1-6-8(3-5-17-6)14-10-9(12)7(11(15)16)2-4-13-10/h2,4,6,8H,3,5,12H2,1H3,(H,13,14)(H,15,16). The first-order valence-corrected chi connectivity index (χ1v) is 5.45. The second-order valence-corrected chi connectivity index (χ2v) is 4.04. The van der Waals surface area contributed by atoms with Gasteiger partial charge in [-0.3, -0.25) is 0 Å². The summed E-state index contributed by atoms with van der Waals surface area (Å²) >= 11 is 0. The van der Waals surface area contributed by atoms with E-state index in [1.54, 1.807) is 0 Å². The molecule has 0 amide bonds. The smallest absolute Gasteiger partial charge is 0.337 e. The molecule has 1 aliphatic rings. The van der Waals surface area contributed by atoms with Gasteiger partial charge in [0, 0.05) is 12.8 Å². The Labute approximate surface area is 98.8 Å². The van der Waals surface area contributed by atoms with Crippen LogP contribution in [0.25, 0.3) is 0 Å². The number of nitrogen functional groups attached to an aromatic ring is 1. The van der Waals surface area contributed by atoms with Crippen LogP contribution >= 0.6 is 0 Å². The van der Waals surface area contributed by atoms with Crippen molar-refractivity contribution in [3.8, 4) is 0 Å². The summed E-state index contributed by atoms with van der Waals surface area (Å²) in [6, 6.07) is 1.51. The number of rotatable bonds is 3. The number of pyridine rings is 1. The van der Waals surface area contributed by atoms with E-state index in [2.05, 4.69) is 10.3 Å². The van der Waals surface area contributed by atoms with Gasteiger partial charge in [0.25, 0.3) is 0 Å². The number of hydrogen-bond acceptors (Lipinski definition) is 5. The first-order valence-electron chi connectivity index (χ1n) is 5.45. The Balaban J connectivity index is 2.21. The van der Waals surface area contributed by atoms with Crippen LogP contribution in [0.2, 0.25) is 0 Å². The number of ether oxygens (including phenoxy) is 1. The summed E-state index contributed by atoms with van der Waals surface area (Å²) in [5.74, 6) is -0.643. The molecule has 2 heterocycles. The van der Waals surface area contributed by atoms with Gasteiger partial charge in [0.15, 0.2) is 0 Å². The summed E-state index contributed by atoms with van der Waals surface area (Å²) < 4.78 is 5.41. The zero-order chi connectivity index (χ0) is 12.4. The quantitative estimate of drug-likeness (QED) is 0.724. The fraction of sp³-hybridized carbons (Fsp3) is 0.455. The normalized spacial score (nSPS) is 23.6. The highest BCUT2D eigenvalue weighted by molar-refractivity contribution is 5.96. The highest BCUT2D eigenvalue weighted by Gasteiger charge is 2.25. The van der Waals surface area contributed by atoms with Crippen molar-refractivity contribution in [3.05, 3.63) is 17.8 Å². The second-order valence-electron chi connectivity index (χ2n) is 4.04. The van der Waals surface area contributed by atoms with Gasteiger partial charge in [-0.15, -0.1) is 0 Å². The first kappa shape index (κ1) is 11.7. The lowest BCUT2D eigenvalue weighted by Gasteiger charge is -2.18. The van der Waals surface area contributed by atoms with Gasteiger partial charge in [-0.25, -0.2) is 9.78 Å². The van der Waals surface area contributed by atoms with Crippen LogP contribution in [0.3, 0.4) is 0 Å². The number of carboxylic acid groups (broad SMARTS) is 1. The largest absolute Gasteiger partial charge is 0.478 e. The minimum atomic E-state index is -1.05. The van der Waals surface area contributed by atoms with E-state index in [-0.39, 0.29) is 23.4 Å². The van der Waals surface area contributed by atoms with E-state index in [1.165, 1.54) is 12.3 Å². The van der Waals surface area contributed by atoms with Crippen LogP contribution < -0.4 is 11.1 Å². The second kappa shape index (κ2) is 4.58. The summed E-state index contributed by atoms with van der Waals surface area (Å²) in [6.45, 7) is 2.65. The molecule has 0 bridgehead atoms. The number of aromatic carboxylic acids is 1. The summed E-state index contributed by atoms with van der Waals surface area (Å²) in [7, 11) is 0. The number of nitrogens with two attached hydrogens (primary N) is 1. The van der Waals surface area contributed by atoms with E-state index in [0.717, 1.165) is 6.42 Å². The molecule has 6 nitrogen and oxygen atoms in total. The highest BCUT2D eigenvalue weighted by Crippen LogP contribution is 2.24. The maximum Gasteiger partial charge on any atom is 0.337 e. The molecular weight excluding hydrogens is 222 g/mol. The Hall–Kier alpha value is -1.82. The number of aromatic nitrogens is 1. The van der Waals surface area contributed by atoms with Crippen molar-refractivity contribution in [2.75, 3.05) is 17.7 Å². The van der Waals surface area contributed by atoms with Gasteiger partial charge in [-0.2, -0.15) is 0 Å². The van der Waals surface area contributed by atoms with Gasteiger partial charge in [-0.05, 0) is 19.4 Å². The Morgan fingerprint density at radius 1 is 1.71 bits per heavy atom. The van der Waals surface area contributed by atoms with E-state index in [0.29, 0.717) is 12.4 Å². The molecule has 6 heteroatoms. The molecule has 92 valence electrons. The zero-order valence-electron chi connectivity index (χ0n) is 9.51. The molecule has 2 unspecified atom stereocenters. The number of nitrogens with zero attached hydrogens (tertiary/aromatic N) is 1. The predicted octanol–water partition coefficient (Wildman–Crippen LogP) is 0.951. The maximum absolute atomic E-state index is 10.9. The lowest BCUT2D eigenvalue weighted by molar-refractivity contribution is 0.0698. The third-order valence-electron chi connectivity index (χ3n) is 2.92. The number of hydrogen-bond donors (Lipinski definition) is 3. The Morgan fingerprint density at radius 2 is 2.47 bits per heavy atom. The van der Waals surface area contributed by atoms with Crippen LogP contribution in [-0.4, -0.2) is 34.8 Å². The van der Waals surface area contributed by atoms with Gasteiger partial charge in [-0.1, -0.05) is 0 Å². The number of nitrogens with one attached hydrogen (secondary N) is 1. The monoisotopic (exact) mass is 237 g/mol. The molecule has 0 spiro atoms. The minimum absolute atomic E-state index is 0.0640. The van der Waals surface area contributed by atoms with Crippen LogP contribution in [-0.2, 0) is 4.74 Å². The first-order chi connectivity index (χ1) is 8.09. The van der Waals surface area contributed by atoms with Crippen molar-refractivity contribution >= 4 is 17.5 Å². The Morgan fingerprint density at radius 3 is 3.06 bits per heavy atom. The van der Waals surface area contributed by atoms with Gasteiger partial charge < -0.3 is 20.9 Å². The average Bonchev–Trinajstić information content (AvgIpc) is 2.67. The van der Waals surface area contributed by atoms with Gasteiger partial charge in [0.05, 0.1) is 23.4 Å². The van der Waals surface area contributed by atoms with E-state index >= 15 is 0 Å². The van der Waals surface area contributed by atoms with Gasteiger partial charge in [0.2, 0.25) is 0 Å². The van der Waals surface area contributed by atoms with Crippen LogP contribution in [0.5, 0.6) is 0 Å². The maximum atomic E-state index is 10.9. The number of anilines is 2. The molecule has 1 aromatic heterocycles. The molecule has 1 aliphatic heterocycles. The van der Waals surface area contributed by atoms with E-state index in [4.69, 9.17) is 15.6 Å².